The molecule has 0 radical (unpaired) electrons. The smallest absolute Gasteiger partial charge is 0.283 e. The normalized spacial score (nSPS) is 28.7. The Morgan fingerprint density at radius 3 is 2.87 bits per heavy atom. The van der Waals surface area contributed by atoms with Gasteiger partial charge in [-0.1, -0.05) is 6.07 Å². The molecule has 0 amide bonds. The topological polar surface area (TPSA) is 89.9 Å². The quantitative estimate of drug-likeness (QED) is 0.813. The molecule has 2 N–H and O–H groups in total. The average Bonchev–Trinajstić information content (AvgIpc) is 3.16. The monoisotopic (exact) mass is 421 g/mol. The van der Waals surface area contributed by atoms with E-state index in [1.807, 2.05) is 31.2 Å². The van der Waals surface area contributed by atoms with Gasteiger partial charge in [-0.25, -0.2) is 9.38 Å². The SMILES string of the molecule is CCOC1CCC2Oc3ccc(-c4cc(F)cc(C#N)c4)cc3C3(COC(N)=N3)C2C1. The van der Waals surface area contributed by atoms with Crippen LogP contribution in [0.3, 0.4) is 0 Å². The minimum atomic E-state index is -0.667. The molecule has 7 heteroatoms. The second kappa shape index (κ2) is 7.54. The molecule has 2 aromatic carbocycles. The molecule has 1 saturated carbocycles. The van der Waals surface area contributed by atoms with E-state index in [1.54, 1.807) is 6.07 Å². The Labute approximate surface area is 180 Å². The van der Waals surface area contributed by atoms with Gasteiger partial charge in [0.15, 0.2) is 0 Å². The van der Waals surface area contributed by atoms with E-state index in [4.69, 9.17) is 24.9 Å². The summed E-state index contributed by atoms with van der Waals surface area (Å²) >= 11 is 0. The summed E-state index contributed by atoms with van der Waals surface area (Å²) in [6, 6.07) is 12.3. The van der Waals surface area contributed by atoms with Gasteiger partial charge in [-0.15, -0.1) is 0 Å². The van der Waals surface area contributed by atoms with E-state index in [2.05, 4.69) is 0 Å². The number of aliphatic imine (C=N–C) groups is 1. The van der Waals surface area contributed by atoms with E-state index >= 15 is 0 Å². The van der Waals surface area contributed by atoms with Gasteiger partial charge in [0, 0.05) is 18.1 Å². The van der Waals surface area contributed by atoms with E-state index in [1.165, 1.54) is 12.1 Å². The summed E-state index contributed by atoms with van der Waals surface area (Å²) in [5, 5.41) is 9.22. The fourth-order valence-corrected chi connectivity index (χ4v) is 5.24. The molecule has 3 aliphatic rings. The van der Waals surface area contributed by atoms with Crippen LogP contribution in [0.5, 0.6) is 5.75 Å². The van der Waals surface area contributed by atoms with Crippen molar-refractivity contribution in [3.63, 3.8) is 0 Å². The van der Waals surface area contributed by atoms with Crippen LogP contribution in [0, 0.1) is 23.1 Å². The Kier molecular flexibility index (Phi) is 4.82. The molecule has 31 heavy (non-hydrogen) atoms. The first-order valence-electron chi connectivity index (χ1n) is 10.6. The molecular formula is C24H24FN3O3. The molecule has 1 fully saturated rings. The number of nitriles is 1. The summed E-state index contributed by atoms with van der Waals surface area (Å²) in [5.74, 6) is 0.360. The van der Waals surface area contributed by atoms with Crippen molar-refractivity contribution in [1.82, 2.24) is 0 Å². The summed E-state index contributed by atoms with van der Waals surface area (Å²) < 4.78 is 32.1. The lowest BCUT2D eigenvalue weighted by Gasteiger charge is -2.47. The van der Waals surface area contributed by atoms with Gasteiger partial charge in [0.05, 0.1) is 17.7 Å². The Balaban J connectivity index is 1.62. The maximum absolute atomic E-state index is 14.1. The second-order valence-electron chi connectivity index (χ2n) is 8.37. The van der Waals surface area contributed by atoms with Crippen molar-refractivity contribution in [3.8, 4) is 22.9 Å². The predicted octanol–water partition coefficient (Wildman–Crippen LogP) is 3.87. The molecule has 4 atom stereocenters. The summed E-state index contributed by atoms with van der Waals surface area (Å²) in [6.07, 6.45) is 2.78. The zero-order valence-corrected chi connectivity index (χ0v) is 17.3. The fraction of sp³-hybridized carbons (Fsp3) is 0.417. The highest BCUT2D eigenvalue weighted by atomic mass is 19.1. The maximum Gasteiger partial charge on any atom is 0.283 e. The Morgan fingerprint density at radius 1 is 1.26 bits per heavy atom. The van der Waals surface area contributed by atoms with Gasteiger partial charge in [0.25, 0.3) is 6.02 Å². The van der Waals surface area contributed by atoms with Crippen LogP contribution >= 0.6 is 0 Å². The van der Waals surface area contributed by atoms with Gasteiger partial charge < -0.3 is 19.9 Å². The number of halogens is 1. The molecular weight excluding hydrogens is 397 g/mol. The third kappa shape index (κ3) is 3.31. The number of hydrogen-bond donors (Lipinski definition) is 1. The van der Waals surface area contributed by atoms with Gasteiger partial charge in [0.2, 0.25) is 0 Å². The maximum atomic E-state index is 14.1. The van der Waals surface area contributed by atoms with Crippen molar-refractivity contribution in [2.24, 2.45) is 16.6 Å². The summed E-state index contributed by atoms with van der Waals surface area (Å²) in [7, 11) is 0. The molecule has 5 rings (SSSR count). The van der Waals surface area contributed by atoms with Crippen molar-refractivity contribution in [2.75, 3.05) is 13.2 Å². The second-order valence-corrected chi connectivity index (χ2v) is 8.37. The first kappa shape index (κ1) is 19.8. The Bertz CT molecular complexity index is 1100. The van der Waals surface area contributed by atoms with Crippen LogP contribution in [0.15, 0.2) is 41.4 Å². The molecule has 4 unspecified atom stereocenters. The summed E-state index contributed by atoms with van der Waals surface area (Å²) in [6.45, 7) is 3.01. The zero-order valence-electron chi connectivity index (χ0n) is 17.3. The summed E-state index contributed by atoms with van der Waals surface area (Å²) in [4.78, 5) is 4.80. The van der Waals surface area contributed by atoms with Crippen LogP contribution in [0.2, 0.25) is 0 Å². The van der Waals surface area contributed by atoms with Gasteiger partial charge in [-0.2, -0.15) is 5.26 Å². The van der Waals surface area contributed by atoms with Crippen LogP contribution in [-0.2, 0) is 15.0 Å². The molecule has 2 aliphatic heterocycles. The lowest BCUT2D eigenvalue weighted by Crippen LogP contribution is -2.52. The molecule has 0 aromatic heterocycles. The molecule has 1 aliphatic carbocycles. The van der Waals surface area contributed by atoms with Crippen LogP contribution in [0.4, 0.5) is 4.39 Å². The van der Waals surface area contributed by atoms with E-state index in [0.717, 1.165) is 36.1 Å². The highest BCUT2D eigenvalue weighted by Crippen LogP contribution is 2.53. The molecule has 2 heterocycles. The number of ether oxygens (including phenoxy) is 3. The highest BCUT2D eigenvalue weighted by Gasteiger charge is 2.55. The first-order chi connectivity index (χ1) is 15.0. The largest absolute Gasteiger partial charge is 0.490 e. The standard InChI is InChI=1S/C24H24FN3O3/c1-2-29-18-4-6-22-20(11-18)24(13-30-23(27)28-24)19-10-15(3-5-21(19)31-22)16-7-14(12-26)8-17(25)9-16/h3,5,7-10,18,20,22H,2,4,6,11,13H2,1H3,(H2,27,28). The van der Waals surface area contributed by atoms with Crippen molar-refractivity contribution >= 4 is 6.02 Å². The minimum Gasteiger partial charge on any atom is -0.490 e. The number of fused-ring (bicyclic) bond motifs is 4. The molecule has 0 bridgehead atoms. The molecule has 2 aromatic rings. The van der Waals surface area contributed by atoms with Crippen molar-refractivity contribution in [3.05, 3.63) is 53.3 Å². The predicted molar refractivity (Wildman–Crippen MR) is 113 cm³/mol. The van der Waals surface area contributed by atoms with Gasteiger partial charge in [-0.3, -0.25) is 0 Å². The Morgan fingerprint density at radius 2 is 2.13 bits per heavy atom. The lowest BCUT2D eigenvalue weighted by molar-refractivity contribution is -0.0595. The number of nitrogens with two attached hydrogens (primary N) is 1. The average molecular weight is 421 g/mol. The third-order valence-corrected chi connectivity index (χ3v) is 6.59. The van der Waals surface area contributed by atoms with Crippen molar-refractivity contribution in [1.29, 1.82) is 5.26 Å². The molecule has 160 valence electrons. The molecule has 6 nitrogen and oxygen atoms in total. The zero-order chi connectivity index (χ0) is 21.6. The number of amidine groups is 1. The number of nitrogens with zero attached hydrogens (tertiary/aromatic N) is 2. The molecule has 0 saturated heterocycles. The van der Waals surface area contributed by atoms with E-state index in [-0.39, 0.29) is 29.7 Å². The van der Waals surface area contributed by atoms with Crippen LogP contribution in [0.25, 0.3) is 11.1 Å². The van der Waals surface area contributed by atoms with E-state index in [0.29, 0.717) is 18.8 Å². The van der Waals surface area contributed by atoms with Gasteiger partial charge in [-0.05, 0) is 67.6 Å². The van der Waals surface area contributed by atoms with Crippen LogP contribution < -0.4 is 10.5 Å². The van der Waals surface area contributed by atoms with Crippen LogP contribution in [0.1, 0.15) is 37.3 Å². The fourth-order valence-electron chi connectivity index (χ4n) is 5.24. The van der Waals surface area contributed by atoms with E-state index in [9.17, 15) is 9.65 Å². The van der Waals surface area contributed by atoms with E-state index < -0.39 is 11.4 Å². The third-order valence-electron chi connectivity index (χ3n) is 6.59. The lowest BCUT2D eigenvalue weighted by atomic mass is 9.67. The first-order valence-corrected chi connectivity index (χ1v) is 10.6. The van der Waals surface area contributed by atoms with Crippen molar-refractivity contribution in [2.45, 2.75) is 43.9 Å². The summed E-state index contributed by atoms with van der Waals surface area (Å²) in [5.41, 5.74) is 7.89. The number of benzene rings is 2. The minimum absolute atomic E-state index is 0.00710. The van der Waals surface area contributed by atoms with Gasteiger partial charge in [0.1, 0.15) is 29.8 Å². The molecule has 1 spiro atoms. The van der Waals surface area contributed by atoms with Crippen molar-refractivity contribution < 1.29 is 18.6 Å². The number of rotatable bonds is 3. The van der Waals surface area contributed by atoms with Gasteiger partial charge >= 0.3 is 0 Å². The highest BCUT2D eigenvalue weighted by molar-refractivity contribution is 5.75. The van der Waals surface area contributed by atoms with Crippen LogP contribution in [-0.4, -0.2) is 31.4 Å². The number of hydrogen-bond acceptors (Lipinski definition) is 6. The Hall–Kier alpha value is -3.11.